The fourth-order valence-corrected chi connectivity index (χ4v) is 7.24. The third-order valence-corrected chi connectivity index (χ3v) is 10.9. The van der Waals surface area contributed by atoms with Gasteiger partial charge in [0, 0.05) is 58.6 Å². The van der Waals surface area contributed by atoms with Gasteiger partial charge in [-0.15, -0.1) is 0 Å². The highest BCUT2D eigenvalue weighted by Gasteiger charge is 2.20. The van der Waals surface area contributed by atoms with Crippen molar-refractivity contribution in [1.82, 2.24) is 19.4 Å². The third kappa shape index (κ3) is 12.7. The predicted octanol–water partition coefficient (Wildman–Crippen LogP) is 6.41. The van der Waals surface area contributed by atoms with Crippen LogP contribution in [-0.2, 0) is 19.2 Å². The SMILES string of the molecule is CC(=O)c1ccc(/C=C/C(=O)N(CC(N)=O)c2ccc(-c3nc4ccc(C#N)cc4n3O)cc2)cc1.CC(=O)c1ccc(/C=C/C(=O)N(CC(N)=O)c2ccc(-c3nc4ccc(N)cc4n3O)cc2)cc1.CO. The van der Waals surface area contributed by atoms with Gasteiger partial charge in [-0.1, -0.05) is 48.5 Å². The van der Waals surface area contributed by atoms with Crippen molar-refractivity contribution in [2.75, 3.05) is 35.7 Å². The summed E-state index contributed by atoms with van der Waals surface area (Å²) in [5.41, 5.74) is 24.0. The number of fused-ring (bicyclic) bond motifs is 2. The molecule has 9 N–H and O–H groups in total. The Morgan fingerprint density at radius 1 is 0.575 bits per heavy atom. The van der Waals surface area contributed by atoms with E-state index in [0.29, 0.717) is 78.3 Å². The first-order valence-corrected chi connectivity index (χ1v) is 22.0. The molecule has 0 unspecified atom stereocenters. The molecular formula is C54H48N10O9. The molecule has 0 saturated carbocycles. The molecule has 2 aromatic heterocycles. The summed E-state index contributed by atoms with van der Waals surface area (Å²) >= 11 is 0. The maximum Gasteiger partial charge on any atom is 0.251 e. The first-order valence-electron chi connectivity index (χ1n) is 22.0. The normalized spacial score (nSPS) is 10.8. The summed E-state index contributed by atoms with van der Waals surface area (Å²) in [6, 6.07) is 38.6. The lowest BCUT2D eigenvalue weighted by molar-refractivity contribution is -0.120. The molecule has 73 heavy (non-hydrogen) atoms. The molecule has 6 aromatic carbocycles. The first kappa shape index (κ1) is 52.2. The van der Waals surface area contributed by atoms with Crippen LogP contribution in [-0.4, -0.2) is 90.3 Å². The van der Waals surface area contributed by atoms with Gasteiger partial charge in [0.1, 0.15) is 24.1 Å². The number of rotatable bonds is 14. The molecule has 0 radical (unpaired) electrons. The zero-order valence-electron chi connectivity index (χ0n) is 39.6. The maximum absolute atomic E-state index is 12.9. The average Bonchev–Trinajstić information content (AvgIpc) is 3.90. The average molecular weight is 981 g/mol. The maximum atomic E-state index is 12.9. The van der Waals surface area contributed by atoms with Crippen LogP contribution in [0.3, 0.4) is 0 Å². The molecule has 0 aliphatic carbocycles. The number of aliphatic hydroxyl groups excluding tert-OH is 1. The lowest BCUT2D eigenvalue weighted by atomic mass is 10.1. The van der Waals surface area contributed by atoms with Gasteiger partial charge in [-0.3, -0.25) is 38.6 Å². The fourth-order valence-electron chi connectivity index (χ4n) is 7.24. The minimum Gasteiger partial charge on any atom is -0.426 e. The van der Waals surface area contributed by atoms with Crippen molar-refractivity contribution in [3.8, 4) is 28.8 Å². The number of carbonyl (C=O) groups excluding carboxylic acids is 6. The van der Waals surface area contributed by atoms with E-state index in [0.717, 1.165) is 22.1 Å². The number of nitrogens with zero attached hydrogens (tertiary/aromatic N) is 7. The zero-order valence-corrected chi connectivity index (χ0v) is 39.6. The van der Waals surface area contributed by atoms with Gasteiger partial charge in [-0.25, -0.2) is 9.97 Å². The number of aliphatic hydroxyl groups is 1. The summed E-state index contributed by atoms with van der Waals surface area (Å²) in [6.07, 6.45) is 5.82. The second-order valence-electron chi connectivity index (χ2n) is 16.0. The van der Waals surface area contributed by atoms with Crippen molar-refractivity contribution in [2.45, 2.75) is 13.8 Å². The van der Waals surface area contributed by atoms with Crippen LogP contribution in [0.25, 0.3) is 57.0 Å². The molecule has 0 saturated heterocycles. The summed E-state index contributed by atoms with van der Waals surface area (Å²) in [6.45, 7) is 2.31. The smallest absolute Gasteiger partial charge is 0.251 e. The zero-order chi connectivity index (χ0) is 52.9. The number of anilines is 3. The van der Waals surface area contributed by atoms with Crippen LogP contribution in [0.15, 0.2) is 146 Å². The quantitative estimate of drug-likeness (QED) is 0.0297. The summed E-state index contributed by atoms with van der Waals surface area (Å²) in [4.78, 5) is 83.3. The number of hydrogen-bond donors (Lipinski definition) is 6. The Balaban J connectivity index is 0.000000230. The predicted molar refractivity (Wildman–Crippen MR) is 276 cm³/mol. The van der Waals surface area contributed by atoms with E-state index in [4.69, 9.17) is 27.6 Å². The Morgan fingerprint density at radius 3 is 1.33 bits per heavy atom. The van der Waals surface area contributed by atoms with Crippen molar-refractivity contribution < 1.29 is 44.3 Å². The number of nitrogen functional groups attached to an aromatic ring is 1. The van der Waals surface area contributed by atoms with Gasteiger partial charge in [0.25, 0.3) is 11.8 Å². The molecule has 0 fully saturated rings. The lowest BCUT2D eigenvalue weighted by Gasteiger charge is -2.20. The Morgan fingerprint density at radius 2 is 0.959 bits per heavy atom. The molecule has 0 aliphatic rings. The van der Waals surface area contributed by atoms with Crippen LogP contribution >= 0.6 is 0 Å². The molecular weight excluding hydrogens is 933 g/mol. The molecule has 2 heterocycles. The van der Waals surface area contributed by atoms with E-state index < -0.39 is 23.6 Å². The van der Waals surface area contributed by atoms with E-state index in [9.17, 15) is 39.2 Å². The van der Waals surface area contributed by atoms with Gasteiger partial charge in [0.15, 0.2) is 23.2 Å². The number of imidazole rings is 2. The standard InChI is InChI=1S/C27H21N5O4.C26H23N5O4.CH4O/c1-17(33)20-6-2-18(3-7-20)5-13-26(35)31(16-25(29)34)22-10-8-21(9-11-22)27-30-23-12-4-19(15-28)14-24(23)32(27)36;1-16(32)18-5-2-17(3-6-18)4-13-25(34)30(15-24(28)33)21-10-7-19(8-11-21)26-29-22-12-9-20(27)14-23(22)31(26)35;1-2/h2-14,36H,16H2,1H3,(H2,29,34);2-14,35H,15,27H2,1H3,(H2,28,33);2H,1H3/b13-5+;13-4+;. The number of benzene rings is 6. The van der Waals surface area contributed by atoms with Gasteiger partial charge in [-0.05, 0) is 122 Å². The topological polar surface area (TPSA) is 307 Å². The minimum atomic E-state index is -0.683. The van der Waals surface area contributed by atoms with Crippen LogP contribution < -0.4 is 27.0 Å². The number of nitrogens with two attached hydrogens (primary N) is 3. The van der Waals surface area contributed by atoms with Crippen LogP contribution in [0.1, 0.15) is 51.3 Å². The molecule has 8 rings (SSSR count). The van der Waals surface area contributed by atoms with Crippen LogP contribution in [0.5, 0.6) is 0 Å². The van der Waals surface area contributed by atoms with Gasteiger partial charge < -0.3 is 32.7 Å². The summed E-state index contributed by atoms with van der Waals surface area (Å²) < 4.78 is 1.85. The highest BCUT2D eigenvalue weighted by molar-refractivity contribution is 6.08. The number of nitriles is 1. The van der Waals surface area contributed by atoms with Crippen molar-refractivity contribution in [3.63, 3.8) is 0 Å². The Hall–Kier alpha value is -10.2. The van der Waals surface area contributed by atoms with E-state index in [2.05, 4.69) is 9.97 Å². The molecule has 0 aliphatic heterocycles. The number of primary amides is 2. The Bertz CT molecular complexity index is 3460. The van der Waals surface area contributed by atoms with Crippen molar-refractivity contribution in [2.24, 2.45) is 11.5 Å². The number of hydrogen-bond acceptors (Lipinski definition) is 13. The second-order valence-corrected chi connectivity index (χ2v) is 16.0. The summed E-state index contributed by atoms with van der Waals surface area (Å²) in [5, 5.41) is 37.2. The van der Waals surface area contributed by atoms with E-state index in [1.54, 1.807) is 140 Å². The Labute approximate surface area is 417 Å². The molecule has 19 heteroatoms. The van der Waals surface area contributed by atoms with Gasteiger partial charge in [0.2, 0.25) is 11.8 Å². The minimum absolute atomic E-state index is 0.0476. The van der Waals surface area contributed by atoms with Gasteiger partial charge >= 0.3 is 0 Å². The lowest BCUT2D eigenvalue weighted by Crippen LogP contribution is -2.37. The van der Waals surface area contributed by atoms with E-state index in [1.807, 2.05) is 6.07 Å². The second kappa shape index (κ2) is 23.4. The summed E-state index contributed by atoms with van der Waals surface area (Å²) in [7, 11) is 1.00. The Kier molecular flexibility index (Phi) is 16.7. The number of amides is 4. The molecule has 19 nitrogen and oxygen atoms in total. The monoisotopic (exact) mass is 980 g/mol. The van der Waals surface area contributed by atoms with E-state index in [1.165, 1.54) is 41.9 Å². The molecule has 4 amide bonds. The van der Waals surface area contributed by atoms with Crippen LogP contribution in [0.4, 0.5) is 17.1 Å². The van der Waals surface area contributed by atoms with Crippen molar-refractivity contribution >= 4 is 86.5 Å². The molecule has 368 valence electrons. The molecule has 0 spiro atoms. The molecule has 0 atom stereocenters. The van der Waals surface area contributed by atoms with Crippen LogP contribution in [0.2, 0.25) is 0 Å². The largest absolute Gasteiger partial charge is 0.426 e. The molecule has 8 aromatic rings. The van der Waals surface area contributed by atoms with Crippen molar-refractivity contribution in [3.05, 3.63) is 173 Å². The number of carbonyl (C=O) groups is 6. The fraction of sp³-hybridized carbons (Fsp3) is 0.0926. The third-order valence-electron chi connectivity index (χ3n) is 10.9. The highest BCUT2D eigenvalue weighted by Crippen LogP contribution is 2.29. The highest BCUT2D eigenvalue weighted by atomic mass is 16.5. The van der Waals surface area contributed by atoms with Crippen molar-refractivity contribution in [1.29, 1.82) is 5.26 Å². The van der Waals surface area contributed by atoms with E-state index >= 15 is 0 Å². The van der Waals surface area contributed by atoms with Gasteiger partial charge in [-0.2, -0.15) is 14.7 Å². The number of aromatic nitrogens is 4. The first-order chi connectivity index (χ1) is 35.0. The summed E-state index contributed by atoms with van der Waals surface area (Å²) in [5.74, 6) is -1.80. The van der Waals surface area contributed by atoms with Crippen LogP contribution in [0, 0.1) is 11.3 Å². The van der Waals surface area contributed by atoms with E-state index in [-0.39, 0.29) is 30.5 Å². The molecule has 0 bridgehead atoms. The van der Waals surface area contributed by atoms with Gasteiger partial charge in [0.05, 0.1) is 22.7 Å². The number of ketones is 2. The number of Topliss-reactive ketones (excluding diaryl/α,β-unsaturated/α-hetero) is 2.